The van der Waals surface area contributed by atoms with Gasteiger partial charge < -0.3 is 40.3 Å². The number of carbonyl (C=O) groups excluding carboxylic acids is 1. The second kappa shape index (κ2) is 60.7. The summed E-state index contributed by atoms with van der Waals surface area (Å²) >= 11 is 0. The van der Waals surface area contributed by atoms with Gasteiger partial charge in [-0.1, -0.05) is 296 Å². The number of nitrogens with one attached hydrogen (secondary N) is 1. The summed E-state index contributed by atoms with van der Waals surface area (Å²) < 4.78 is 11.3. The van der Waals surface area contributed by atoms with Gasteiger partial charge in [0.05, 0.1) is 25.4 Å². The van der Waals surface area contributed by atoms with Crippen molar-refractivity contribution >= 4 is 5.91 Å². The van der Waals surface area contributed by atoms with Gasteiger partial charge in [0.15, 0.2) is 6.29 Å². The number of amides is 1. The number of rotatable bonds is 57. The van der Waals surface area contributed by atoms with Crippen LogP contribution in [0.5, 0.6) is 0 Å². The van der Waals surface area contributed by atoms with Crippen LogP contribution in [-0.2, 0) is 14.3 Å². The van der Waals surface area contributed by atoms with E-state index in [2.05, 4.69) is 129 Å². The second-order valence-corrected chi connectivity index (χ2v) is 22.9. The maximum Gasteiger partial charge on any atom is 0.220 e. The summed E-state index contributed by atoms with van der Waals surface area (Å²) in [5.74, 6) is -0.214. The SMILES string of the molecule is CC/C=C\C/C=C\C/C=C\C/C=C\C/C=C\C/C=C\C/C=C\C/C=C\CCCCCCC(=O)NC(COC1OC(CO)C(O)C(O)C1O)C(O)/C=C/CC/C=C/CCCCCCCCCCCCCCCCCCCCCCCCCC. The zero-order chi connectivity index (χ0) is 59.3. The topological polar surface area (TPSA) is 149 Å². The number of allylic oxidation sites excluding steroid dienone is 19. The van der Waals surface area contributed by atoms with Gasteiger partial charge in [0.1, 0.15) is 24.4 Å². The quantitative estimate of drug-likeness (QED) is 0.0261. The van der Waals surface area contributed by atoms with Crippen LogP contribution in [0.4, 0.5) is 0 Å². The van der Waals surface area contributed by atoms with Crippen molar-refractivity contribution in [2.45, 2.75) is 320 Å². The molecule has 82 heavy (non-hydrogen) atoms. The van der Waals surface area contributed by atoms with Crippen LogP contribution in [0.25, 0.3) is 0 Å². The summed E-state index contributed by atoms with van der Waals surface area (Å²) in [7, 11) is 0. The van der Waals surface area contributed by atoms with Crippen molar-refractivity contribution in [2.24, 2.45) is 0 Å². The maximum absolute atomic E-state index is 13.1. The molecule has 1 amide bonds. The molecule has 1 rings (SSSR count). The Labute approximate surface area is 503 Å². The molecule has 0 radical (unpaired) electrons. The fourth-order valence-corrected chi connectivity index (χ4v) is 10.0. The molecule has 0 saturated carbocycles. The molecule has 7 unspecified atom stereocenters. The van der Waals surface area contributed by atoms with Crippen LogP contribution in [-0.4, -0.2) is 87.5 Å². The lowest BCUT2D eigenvalue weighted by atomic mass is 9.99. The maximum atomic E-state index is 13.1. The summed E-state index contributed by atoms with van der Waals surface area (Å²) in [4.78, 5) is 13.1. The summed E-state index contributed by atoms with van der Waals surface area (Å²) in [5, 5.41) is 54.7. The van der Waals surface area contributed by atoms with Crippen molar-refractivity contribution in [2.75, 3.05) is 13.2 Å². The highest BCUT2D eigenvalue weighted by molar-refractivity contribution is 5.76. The highest BCUT2D eigenvalue weighted by Gasteiger charge is 2.44. The Morgan fingerprint density at radius 1 is 0.427 bits per heavy atom. The molecule has 7 atom stereocenters. The van der Waals surface area contributed by atoms with Crippen molar-refractivity contribution in [3.05, 3.63) is 122 Å². The predicted octanol–water partition coefficient (Wildman–Crippen LogP) is 18.2. The highest BCUT2D eigenvalue weighted by atomic mass is 16.7. The van der Waals surface area contributed by atoms with E-state index in [1.165, 1.54) is 154 Å². The van der Waals surface area contributed by atoms with Gasteiger partial charge >= 0.3 is 0 Å². The Morgan fingerprint density at radius 2 is 0.768 bits per heavy atom. The number of carbonyl (C=O) groups is 1. The number of aliphatic hydroxyl groups is 5. The van der Waals surface area contributed by atoms with Crippen LogP contribution in [0, 0.1) is 0 Å². The molecular weight excluding hydrogens is 1020 g/mol. The normalized spacial score (nSPS) is 19.1. The molecule has 0 spiro atoms. The van der Waals surface area contributed by atoms with E-state index in [0.717, 1.165) is 96.3 Å². The van der Waals surface area contributed by atoms with Gasteiger partial charge in [-0.15, -0.1) is 0 Å². The molecule has 0 bridgehead atoms. The molecule has 1 saturated heterocycles. The molecule has 0 aromatic rings. The Balaban J connectivity index is 2.22. The molecule has 1 fully saturated rings. The highest BCUT2D eigenvalue weighted by Crippen LogP contribution is 2.23. The predicted molar refractivity (Wildman–Crippen MR) is 350 cm³/mol. The summed E-state index contributed by atoms with van der Waals surface area (Å²) in [6.07, 6.45) is 84.4. The standard InChI is InChI=1S/C73H125NO8/c1-3-5-7-9-11-13-15-17-19-21-23-25-27-29-31-33-35-36-38-40-42-44-46-48-50-52-54-56-58-60-62-67(76)66(65-81-73-72(80)71(79)70(78)68(64-75)82-73)74-69(77)63-61-59-57-55-53-51-49-47-45-43-41-39-37-34-32-30-28-26-24-22-20-18-16-14-12-10-8-6-4-2/h6,8,12,14,18,20,24,26,30,32,37,39,43,45,49,51-52,54,60,62,66-68,70-73,75-76,78-80H,3-5,7,9-11,13,15-17,19,21-23,25,27-29,31,33-36,38,40-42,44,46-48,50,53,55-59,61,63-65H2,1-2H3,(H,74,77)/b8-6-,14-12-,20-18-,26-24-,32-30-,39-37-,45-43-,51-49-,54-52+,62-60+. The lowest BCUT2D eigenvalue weighted by Gasteiger charge is -2.40. The van der Waals surface area contributed by atoms with Gasteiger partial charge in [-0.25, -0.2) is 0 Å². The monoisotopic (exact) mass is 1140 g/mol. The molecule has 9 nitrogen and oxygen atoms in total. The second-order valence-electron chi connectivity index (χ2n) is 22.9. The van der Waals surface area contributed by atoms with Gasteiger partial charge in [0.2, 0.25) is 5.91 Å². The van der Waals surface area contributed by atoms with E-state index in [1.807, 2.05) is 6.08 Å². The third-order valence-electron chi connectivity index (χ3n) is 15.3. The number of aliphatic hydroxyl groups excluding tert-OH is 5. The van der Waals surface area contributed by atoms with Crippen molar-refractivity contribution in [1.82, 2.24) is 5.32 Å². The third kappa shape index (κ3) is 48.9. The van der Waals surface area contributed by atoms with Crippen LogP contribution < -0.4 is 5.32 Å². The van der Waals surface area contributed by atoms with Crippen LogP contribution in [0.3, 0.4) is 0 Å². The van der Waals surface area contributed by atoms with E-state index in [4.69, 9.17) is 9.47 Å². The molecule has 0 aromatic heterocycles. The molecule has 0 aromatic carbocycles. The molecule has 6 N–H and O–H groups in total. The van der Waals surface area contributed by atoms with Gasteiger partial charge in [-0.2, -0.15) is 0 Å². The first kappa shape index (κ1) is 76.6. The largest absolute Gasteiger partial charge is 0.394 e. The molecular formula is C73H125NO8. The lowest BCUT2D eigenvalue weighted by Crippen LogP contribution is -2.60. The van der Waals surface area contributed by atoms with Gasteiger partial charge in [0, 0.05) is 6.42 Å². The van der Waals surface area contributed by atoms with E-state index < -0.39 is 49.5 Å². The lowest BCUT2D eigenvalue weighted by molar-refractivity contribution is -0.302. The molecule has 9 heteroatoms. The number of ether oxygens (including phenoxy) is 2. The first-order valence-corrected chi connectivity index (χ1v) is 33.8. The molecule has 1 aliphatic rings. The van der Waals surface area contributed by atoms with Crippen LogP contribution in [0.1, 0.15) is 277 Å². The van der Waals surface area contributed by atoms with Crippen molar-refractivity contribution in [3.8, 4) is 0 Å². The summed E-state index contributed by atoms with van der Waals surface area (Å²) in [6, 6.07) is -0.847. The Kier molecular flexibility index (Phi) is 56.7. The molecule has 470 valence electrons. The summed E-state index contributed by atoms with van der Waals surface area (Å²) in [6.45, 7) is 3.65. The average molecular weight is 1140 g/mol. The van der Waals surface area contributed by atoms with Crippen LogP contribution >= 0.6 is 0 Å². The molecule has 1 aliphatic heterocycles. The minimum Gasteiger partial charge on any atom is -0.394 e. The number of hydrogen-bond donors (Lipinski definition) is 6. The number of unbranched alkanes of at least 4 members (excludes halogenated alkanes) is 29. The van der Waals surface area contributed by atoms with E-state index in [9.17, 15) is 30.3 Å². The Hall–Kier alpha value is -3.41. The van der Waals surface area contributed by atoms with Crippen molar-refractivity contribution < 1.29 is 39.8 Å². The zero-order valence-corrected chi connectivity index (χ0v) is 52.5. The fourth-order valence-electron chi connectivity index (χ4n) is 10.0. The fraction of sp³-hybridized carbons (Fsp3) is 0.712. The van der Waals surface area contributed by atoms with E-state index in [1.54, 1.807) is 6.08 Å². The molecule has 1 heterocycles. The minimum absolute atomic E-state index is 0.214. The Bertz CT molecular complexity index is 1710. The zero-order valence-electron chi connectivity index (χ0n) is 52.5. The summed E-state index contributed by atoms with van der Waals surface area (Å²) in [5.41, 5.74) is 0. The van der Waals surface area contributed by atoms with Gasteiger partial charge in [-0.05, 0) is 96.3 Å². The first-order valence-electron chi connectivity index (χ1n) is 33.8. The average Bonchev–Trinajstić information content (AvgIpc) is 3.57. The van der Waals surface area contributed by atoms with E-state index in [-0.39, 0.29) is 12.5 Å². The van der Waals surface area contributed by atoms with Crippen LogP contribution in [0.15, 0.2) is 122 Å². The Morgan fingerprint density at radius 3 is 1.17 bits per heavy atom. The van der Waals surface area contributed by atoms with Gasteiger partial charge in [0.25, 0.3) is 0 Å². The third-order valence-corrected chi connectivity index (χ3v) is 15.3. The number of hydrogen-bond acceptors (Lipinski definition) is 8. The van der Waals surface area contributed by atoms with Crippen LogP contribution in [0.2, 0.25) is 0 Å². The molecule has 0 aliphatic carbocycles. The van der Waals surface area contributed by atoms with Crippen molar-refractivity contribution in [3.63, 3.8) is 0 Å². The minimum atomic E-state index is -1.59. The van der Waals surface area contributed by atoms with E-state index >= 15 is 0 Å². The van der Waals surface area contributed by atoms with Gasteiger partial charge in [-0.3, -0.25) is 4.79 Å². The first-order chi connectivity index (χ1) is 40.3. The smallest absolute Gasteiger partial charge is 0.220 e. The van der Waals surface area contributed by atoms with Crippen molar-refractivity contribution in [1.29, 1.82) is 0 Å². The van der Waals surface area contributed by atoms with E-state index in [0.29, 0.717) is 12.8 Å².